The van der Waals surface area contributed by atoms with E-state index < -0.39 is 0 Å². The van der Waals surface area contributed by atoms with E-state index in [9.17, 15) is 0 Å². The zero-order valence-corrected chi connectivity index (χ0v) is 8.00. The van der Waals surface area contributed by atoms with Gasteiger partial charge in [0.25, 0.3) is 0 Å². The fourth-order valence-corrected chi connectivity index (χ4v) is 2.00. The Morgan fingerprint density at radius 3 is 2.69 bits per heavy atom. The van der Waals surface area contributed by atoms with E-state index in [4.69, 9.17) is 0 Å². The fourth-order valence-electron chi connectivity index (χ4n) is 2.00. The van der Waals surface area contributed by atoms with E-state index in [0.29, 0.717) is 6.04 Å². The molecule has 0 unspecified atom stereocenters. The van der Waals surface area contributed by atoms with E-state index in [1.165, 1.54) is 37.8 Å². The fraction of sp³-hybridized carbons (Fsp3) is 0.500. The van der Waals surface area contributed by atoms with Crippen LogP contribution in [0.3, 0.4) is 0 Å². The second-order valence-corrected chi connectivity index (χ2v) is 3.77. The molecule has 0 saturated carbocycles. The van der Waals surface area contributed by atoms with Gasteiger partial charge in [0.2, 0.25) is 0 Å². The van der Waals surface area contributed by atoms with Gasteiger partial charge in [-0.3, -0.25) is 0 Å². The average Bonchev–Trinajstić information content (AvgIpc) is 2.47. The van der Waals surface area contributed by atoms with Crippen LogP contribution in [0.5, 0.6) is 0 Å². The van der Waals surface area contributed by atoms with Crippen LogP contribution in [0.15, 0.2) is 30.3 Å². The SMILES string of the molecule is c1ccc([C@@H]2CCCCCN2)cc1. The summed E-state index contributed by atoms with van der Waals surface area (Å²) in [7, 11) is 0. The van der Waals surface area contributed by atoms with Crippen molar-refractivity contribution >= 4 is 0 Å². The maximum Gasteiger partial charge on any atom is 0.0320 e. The maximum absolute atomic E-state index is 3.60. The highest BCUT2D eigenvalue weighted by atomic mass is 14.9. The van der Waals surface area contributed by atoms with E-state index in [1.807, 2.05) is 0 Å². The van der Waals surface area contributed by atoms with E-state index in [2.05, 4.69) is 35.6 Å². The first-order valence-corrected chi connectivity index (χ1v) is 5.25. The van der Waals surface area contributed by atoms with Crippen LogP contribution >= 0.6 is 0 Å². The average molecular weight is 175 g/mol. The predicted octanol–water partition coefficient (Wildman–Crippen LogP) is 2.89. The number of hydrogen-bond donors (Lipinski definition) is 1. The third-order valence-corrected chi connectivity index (χ3v) is 2.76. The Hall–Kier alpha value is -0.820. The zero-order valence-electron chi connectivity index (χ0n) is 8.00. The molecule has 1 nitrogen and oxygen atoms in total. The Morgan fingerprint density at radius 2 is 1.85 bits per heavy atom. The molecule has 1 saturated heterocycles. The second-order valence-electron chi connectivity index (χ2n) is 3.77. The molecule has 1 atom stereocenters. The maximum atomic E-state index is 3.60. The molecule has 1 fully saturated rings. The summed E-state index contributed by atoms with van der Waals surface area (Å²) >= 11 is 0. The molecule has 13 heavy (non-hydrogen) atoms. The van der Waals surface area contributed by atoms with Crippen molar-refractivity contribution < 1.29 is 0 Å². The molecule has 1 aliphatic heterocycles. The smallest absolute Gasteiger partial charge is 0.0320 e. The van der Waals surface area contributed by atoms with Gasteiger partial charge in [-0.05, 0) is 24.9 Å². The van der Waals surface area contributed by atoms with Crippen LogP contribution in [0.1, 0.15) is 37.3 Å². The highest BCUT2D eigenvalue weighted by molar-refractivity contribution is 5.18. The normalized spacial score (nSPS) is 23.8. The molecule has 0 aromatic heterocycles. The van der Waals surface area contributed by atoms with Gasteiger partial charge in [0.1, 0.15) is 0 Å². The summed E-state index contributed by atoms with van der Waals surface area (Å²) in [6, 6.07) is 11.4. The van der Waals surface area contributed by atoms with Crippen LogP contribution in [0.25, 0.3) is 0 Å². The molecule has 0 bridgehead atoms. The van der Waals surface area contributed by atoms with Gasteiger partial charge < -0.3 is 5.32 Å². The van der Waals surface area contributed by atoms with Crippen LogP contribution in [0, 0.1) is 0 Å². The summed E-state index contributed by atoms with van der Waals surface area (Å²) in [5, 5.41) is 3.60. The van der Waals surface area contributed by atoms with E-state index in [0.717, 1.165) is 0 Å². The van der Waals surface area contributed by atoms with Crippen LogP contribution in [-0.2, 0) is 0 Å². The molecule has 1 aliphatic rings. The molecular formula is C12H17N. The Morgan fingerprint density at radius 1 is 1.00 bits per heavy atom. The molecule has 1 aromatic rings. The summed E-state index contributed by atoms with van der Waals surface area (Å²) in [5.41, 5.74) is 1.45. The quantitative estimate of drug-likeness (QED) is 0.692. The monoisotopic (exact) mass is 175 g/mol. The van der Waals surface area contributed by atoms with Crippen molar-refractivity contribution in [2.45, 2.75) is 31.7 Å². The molecule has 0 spiro atoms. The van der Waals surface area contributed by atoms with Crippen molar-refractivity contribution in [1.29, 1.82) is 0 Å². The lowest BCUT2D eigenvalue weighted by molar-refractivity contribution is 0.535. The van der Waals surface area contributed by atoms with Gasteiger partial charge in [0, 0.05) is 6.04 Å². The first-order chi connectivity index (χ1) is 6.47. The van der Waals surface area contributed by atoms with Crippen LogP contribution in [0.4, 0.5) is 0 Å². The Balaban J connectivity index is 2.06. The Bertz CT molecular complexity index is 235. The Labute approximate surface area is 80.2 Å². The number of nitrogens with one attached hydrogen (secondary N) is 1. The minimum atomic E-state index is 0.601. The molecule has 0 aliphatic carbocycles. The highest BCUT2D eigenvalue weighted by Gasteiger charge is 2.12. The first-order valence-electron chi connectivity index (χ1n) is 5.25. The molecule has 70 valence electrons. The van der Waals surface area contributed by atoms with Crippen LogP contribution in [0.2, 0.25) is 0 Å². The van der Waals surface area contributed by atoms with Crippen molar-refractivity contribution in [3.63, 3.8) is 0 Å². The molecule has 2 rings (SSSR count). The summed E-state index contributed by atoms with van der Waals surface area (Å²) < 4.78 is 0. The van der Waals surface area contributed by atoms with E-state index in [-0.39, 0.29) is 0 Å². The van der Waals surface area contributed by atoms with Crippen molar-refractivity contribution in [3.8, 4) is 0 Å². The third-order valence-electron chi connectivity index (χ3n) is 2.76. The lowest BCUT2D eigenvalue weighted by Gasteiger charge is -2.15. The van der Waals surface area contributed by atoms with Crippen molar-refractivity contribution in [3.05, 3.63) is 35.9 Å². The minimum Gasteiger partial charge on any atom is -0.310 e. The lowest BCUT2D eigenvalue weighted by atomic mass is 10.0. The lowest BCUT2D eigenvalue weighted by Crippen LogP contribution is -2.19. The topological polar surface area (TPSA) is 12.0 Å². The first kappa shape index (κ1) is 8.76. The van der Waals surface area contributed by atoms with Gasteiger partial charge >= 0.3 is 0 Å². The molecule has 0 radical (unpaired) electrons. The molecule has 1 heterocycles. The molecule has 1 N–H and O–H groups in total. The standard InChI is InChI=1S/C12H17N/c1-3-7-11(8-4-1)12-9-5-2-6-10-13-12/h1,3-4,7-8,12-13H,2,5-6,9-10H2/t12-/m0/s1. The molecule has 1 aromatic carbocycles. The van der Waals surface area contributed by atoms with Gasteiger partial charge in [0.15, 0.2) is 0 Å². The molecular weight excluding hydrogens is 158 g/mol. The predicted molar refractivity (Wildman–Crippen MR) is 55.7 cm³/mol. The number of hydrogen-bond acceptors (Lipinski definition) is 1. The summed E-state index contributed by atoms with van der Waals surface area (Å²) in [5.74, 6) is 0. The van der Waals surface area contributed by atoms with Gasteiger partial charge in [-0.1, -0.05) is 43.2 Å². The number of benzene rings is 1. The van der Waals surface area contributed by atoms with Gasteiger partial charge in [-0.25, -0.2) is 0 Å². The molecule has 1 heteroatoms. The highest BCUT2D eigenvalue weighted by Crippen LogP contribution is 2.21. The van der Waals surface area contributed by atoms with Crippen LogP contribution < -0.4 is 5.32 Å². The summed E-state index contributed by atoms with van der Waals surface area (Å²) in [4.78, 5) is 0. The van der Waals surface area contributed by atoms with Gasteiger partial charge in [-0.2, -0.15) is 0 Å². The van der Waals surface area contributed by atoms with Crippen LogP contribution in [-0.4, -0.2) is 6.54 Å². The van der Waals surface area contributed by atoms with Gasteiger partial charge in [0.05, 0.1) is 0 Å². The third kappa shape index (κ3) is 2.31. The second kappa shape index (κ2) is 4.43. The summed E-state index contributed by atoms with van der Waals surface area (Å²) in [6.07, 6.45) is 5.39. The summed E-state index contributed by atoms with van der Waals surface area (Å²) in [6.45, 7) is 1.18. The van der Waals surface area contributed by atoms with Crippen molar-refractivity contribution in [2.24, 2.45) is 0 Å². The Kier molecular flexibility index (Phi) is 2.98. The zero-order chi connectivity index (χ0) is 8.93. The molecule has 0 amide bonds. The van der Waals surface area contributed by atoms with Gasteiger partial charge in [-0.15, -0.1) is 0 Å². The van der Waals surface area contributed by atoms with E-state index >= 15 is 0 Å². The minimum absolute atomic E-state index is 0.601. The number of rotatable bonds is 1. The van der Waals surface area contributed by atoms with Crippen molar-refractivity contribution in [1.82, 2.24) is 5.32 Å². The largest absolute Gasteiger partial charge is 0.310 e. The van der Waals surface area contributed by atoms with E-state index in [1.54, 1.807) is 0 Å². The van der Waals surface area contributed by atoms with Crippen molar-refractivity contribution in [2.75, 3.05) is 6.54 Å².